The molecule has 0 aliphatic heterocycles. The van der Waals surface area contributed by atoms with Crippen LogP contribution in [-0.2, 0) is 10.0 Å². The lowest BCUT2D eigenvalue weighted by molar-refractivity contribution is -0.387. The first-order valence-corrected chi connectivity index (χ1v) is 8.11. The molecule has 0 heterocycles. The van der Waals surface area contributed by atoms with Crippen molar-refractivity contribution >= 4 is 37.3 Å². The summed E-state index contributed by atoms with van der Waals surface area (Å²) < 4.78 is 27.9. The number of anilines is 1. The maximum Gasteiger partial charge on any atom is 0.290 e. The van der Waals surface area contributed by atoms with Crippen LogP contribution in [0, 0.1) is 17.0 Å². The second-order valence-electron chi connectivity index (χ2n) is 4.30. The first kappa shape index (κ1) is 15.5. The summed E-state index contributed by atoms with van der Waals surface area (Å²) in [7, 11) is -4.05. The van der Waals surface area contributed by atoms with Gasteiger partial charge >= 0.3 is 0 Å². The van der Waals surface area contributed by atoms with Gasteiger partial charge in [-0.2, -0.15) is 0 Å². The van der Waals surface area contributed by atoms with E-state index in [-0.39, 0.29) is 4.90 Å². The highest BCUT2D eigenvalue weighted by molar-refractivity contribution is 9.10. The standard InChI is InChI=1S/C13H11BrN2O4S/c1-9-4-2-7-12(16(17)18)13(9)21(19,20)15-11-6-3-5-10(14)8-11/h2-8,15H,1H3. The van der Waals surface area contributed by atoms with E-state index >= 15 is 0 Å². The molecular weight excluding hydrogens is 360 g/mol. The van der Waals surface area contributed by atoms with Gasteiger partial charge in [-0.1, -0.05) is 34.1 Å². The van der Waals surface area contributed by atoms with E-state index in [4.69, 9.17) is 0 Å². The first-order valence-electron chi connectivity index (χ1n) is 5.83. The van der Waals surface area contributed by atoms with Crippen LogP contribution in [0.1, 0.15) is 5.56 Å². The number of nitro benzene ring substituents is 1. The second kappa shape index (κ2) is 5.82. The number of hydrogen-bond donors (Lipinski definition) is 1. The van der Waals surface area contributed by atoms with Crippen molar-refractivity contribution in [2.24, 2.45) is 0 Å². The van der Waals surface area contributed by atoms with Crippen molar-refractivity contribution in [3.05, 3.63) is 62.6 Å². The Morgan fingerprint density at radius 2 is 1.86 bits per heavy atom. The molecular formula is C13H11BrN2O4S. The normalized spacial score (nSPS) is 11.1. The highest BCUT2D eigenvalue weighted by atomic mass is 79.9. The van der Waals surface area contributed by atoms with Crippen molar-refractivity contribution in [2.75, 3.05) is 4.72 Å². The Hall–Kier alpha value is -1.93. The summed E-state index contributed by atoms with van der Waals surface area (Å²) in [4.78, 5) is 10.0. The van der Waals surface area contributed by atoms with E-state index in [1.165, 1.54) is 25.1 Å². The highest BCUT2D eigenvalue weighted by Crippen LogP contribution is 2.29. The summed E-state index contributed by atoms with van der Waals surface area (Å²) in [5, 5.41) is 11.0. The van der Waals surface area contributed by atoms with Crippen LogP contribution in [0.25, 0.3) is 0 Å². The fourth-order valence-electron chi connectivity index (χ4n) is 1.89. The van der Waals surface area contributed by atoms with Gasteiger partial charge in [0.1, 0.15) is 0 Å². The first-order chi connectivity index (χ1) is 9.81. The number of hydrogen-bond acceptors (Lipinski definition) is 4. The van der Waals surface area contributed by atoms with E-state index < -0.39 is 20.6 Å². The molecule has 0 fully saturated rings. The molecule has 0 spiro atoms. The van der Waals surface area contributed by atoms with Gasteiger partial charge in [0.25, 0.3) is 15.7 Å². The lowest BCUT2D eigenvalue weighted by Crippen LogP contribution is -2.16. The SMILES string of the molecule is Cc1cccc([N+](=O)[O-])c1S(=O)(=O)Nc1cccc(Br)c1. The Kier molecular flexibility index (Phi) is 4.29. The average molecular weight is 371 g/mol. The third-order valence-electron chi connectivity index (χ3n) is 2.73. The van der Waals surface area contributed by atoms with Gasteiger partial charge in [-0.25, -0.2) is 8.42 Å². The Bertz CT molecular complexity index is 806. The minimum atomic E-state index is -4.05. The van der Waals surface area contributed by atoms with Crippen molar-refractivity contribution in [3.63, 3.8) is 0 Å². The van der Waals surface area contributed by atoms with E-state index in [1.807, 2.05) is 0 Å². The van der Waals surface area contributed by atoms with Gasteiger partial charge in [0, 0.05) is 16.2 Å². The van der Waals surface area contributed by atoms with E-state index in [0.29, 0.717) is 15.7 Å². The summed E-state index contributed by atoms with van der Waals surface area (Å²) in [5.74, 6) is 0. The smallest absolute Gasteiger partial charge is 0.279 e. The zero-order valence-corrected chi connectivity index (χ0v) is 13.3. The molecule has 21 heavy (non-hydrogen) atoms. The topological polar surface area (TPSA) is 89.3 Å². The molecule has 6 nitrogen and oxygen atoms in total. The molecule has 2 rings (SSSR count). The van der Waals surface area contributed by atoms with Crippen LogP contribution < -0.4 is 4.72 Å². The van der Waals surface area contributed by atoms with Gasteiger partial charge in [-0.3, -0.25) is 14.8 Å². The summed E-state index contributed by atoms with van der Waals surface area (Å²) >= 11 is 3.24. The molecule has 0 aliphatic carbocycles. The van der Waals surface area contributed by atoms with Crippen LogP contribution in [0.4, 0.5) is 11.4 Å². The van der Waals surface area contributed by atoms with Crippen LogP contribution >= 0.6 is 15.9 Å². The summed E-state index contributed by atoms with van der Waals surface area (Å²) in [5.41, 5.74) is 0.186. The largest absolute Gasteiger partial charge is 0.290 e. The Labute approximate surface area is 130 Å². The minimum absolute atomic E-state index is 0.312. The predicted molar refractivity (Wildman–Crippen MR) is 82.8 cm³/mol. The monoisotopic (exact) mass is 370 g/mol. The average Bonchev–Trinajstić information content (AvgIpc) is 2.37. The fourth-order valence-corrected chi connectivity index (χ4v) is 3.74. The van der Waals surface area contributed by atoms with Gasteiger partial charge in [0.05, 0.1) is 4.92 Å². The Morgan fingerprint density at radius 3 is 2.48 bits per heavy atom. The van der Waals surface area contributed by atoms with Gasteiger partial charge in [0.2, 0.25) is 0 Å². The lowest BCUT2D eigenvalue weighted by Gasteiger charge is -2.10. The number of nitro groups is 1. The summed E-state index contributed by atoms with van der Waals surface area (Å²) in [6.45, 7) is 1.52. The van der Waals surface area contributed by atoms with Crippen molar-refractivity contribution in [3.8, 4) is 0 Å². The second-order valence-corrected chi connectivity index (χ2v) is 6.83. The Balaban J connectivity index is 2.52. The molecule has 0 saturated carbocycles. The molecule has 0 unspecified atom stereocenters. The molecule has 0 bridgehead atoms. The number of aryl methyl sites for hydroxylation is 1. The molecule has 2 aromatic carbocycles. The van der Waals surface area contributed by atoms with E-state index in [9.17, 15) is 18.5 Å². The maximum absolute atomic E-state index is 12.4. The Morgan fingerprint density at radius 1 is 1.19 bits per heavy atom. The molecule has 110 valence electrons. The van der Waals surface area contributed by atoms with Crippen molar-refractivity contribution < 1.29 is 13.3 Å². The van der Waals surface area contributed by atoms with Gasteiger partial charge in [-0.05, 0) is 30.7 Å². The zero-order valence-electron chi connectivity index (χ0n) is 10.9. The van der Waals surface area contributed by atoms with Gasteiger partial charge in [0.15, 0.2) is 4.90 Å². The van der Waals surface area contributed by atoms with Gasteiger partial charge < -0.3 is 0 Å². The summed E-state index contributed by atoms with van der Waals surface area (Å²) in [6, 6.07) is 10.7. The quantitative estimate of drug-likeness (QED) is 0.658. The van der Waals surface area contributed by atoms with Crippen LogP contribution in [0.5, 0.6) is 0 Å². The molecule has 0 saturated heterocycles. The number of rotatable bonds is 4. The number of nitrogens with one attached hydrogen (secondary N) is 1. The van der Waals surface area contributed by atoms with Crippen molar-refractivity contribution in [1.29, 1.82) is 0 Å². The predicted octanol–water partition coefficient (Wildman–Crippen LogP) is 3.47. The third kappa shape index (κ3) is 3.40. The van der Waals surface area contributed by atoms with E-state index in [2.05, 4.69) is 20.7 Å². The van der Waals surface area contributed by atoms with Crippen LogP contribution in [0.3, 0.4) is 0 Å². The van der Waals surface area contributed by atoms with Crippen molar-refractivity contribution in [1.82, 2.24) is 0 Å². The highest BCUT2D eigenvalue weighted by Gasteiger charge is 2.27. The molecule has 2 aromatic rings. The number of nitrogens with zero attached hydrogens (tertiary/aromatic N) is 1. The van der Waals surface area contributed by atoms with E-state index in [1.54, 1.807) is 24.3 Å². The van der Waals surface area contributed by atoms with Crippen LogP contribution in [0.15, 0.2) is 51.8 Å². The van der Waals surface area contributed by atoms with Gasteiger partial charge in [-0.15, -0.1) is 0 Å². The third-order valence-corrected chi connectivity index (χ3v) is 4.80. The molecule has 8 heteroatoms. The number of benzene rings is 2. The van der Waals surface area contributed by atoms with E-state index in [0.717, 1.165) is 0 Å². The number of halogens is 1. The minimum Gasteiger partial charge on any atom is -0.279 e. The lowest BCUT2D eigenvalue weighted by atomic mass is 10.2. The molecule has 0 radical (unpaired) electrons. The molecule has 0 atom stereocenters. The summed E-state index contributed by atoms with van der Waals surface area (Å²) in [6.07, 6.45) is 0. The maximum atomic E-state index is 12.4. The molecule has 1 N–H and O–H groups in total. The zero-order chi connectivity index (χ0) is 15.6. The van der Waals surface area contributed by atoms with Crippen molar-refractivity contribution in [2.45, 2.75) is 11.8 Å². The van der Waals surface area contributed by atoms with Crippen LogP contribution in [0.2, 0.25) is 0 Å². The number of sulfonamides is 1. The molecule has 0 aliphatic rings. The molecule has 0 amide bonds. The van der Waals surface area contributed by atoms with Crippen LogP contribution in [-0.4, -0.2) is 13.3 Å². The fraction of sp³-hybridized carbons (Fsp3) is 0.0769. The molecule has 0 aromatic heterocycles.